The van der Waals surface area contributed by atoms with Crippen LogP contribution in [0.5, 0.6) is 5.75 Å². The van der Waals surface area contributed by atoms with E-state index in [1.54, 1.807) is 0 Å². The van der Waals surface area contributed by atoms with E-state index in [9.17, 15) is 19.7 Å². The molecule has 7 heteroatoms. The Morgan fingerprint density at radius 3 is 2.35 bits per heavy atom. The number of hydrogen-bond donors (Lipinski definition) is 0. The second-order valence-electron chi connectivity index (χ2n) is 3.09. The average Bonchev–Trinajstić information content (AvgIpc) is 2.28. The van der Waals surface area contributed by atoms with Crippen molar-refractivity contribution in [2.75, 3.05) is 0 Å². The minimum Gasteiger partial charge on any atom is -0.421 e. The summed E-state index contributed by atoms with van der Waals surface area (Å²) in [5, 5.41) is 9.04. The summed E-state index contributed by atoms with van der Waals surface area (Å²) in [7, 11) is 0. The molecule has 0 radical (unpaired) electrons. The molecular formula is C10H9NO6. The smallest absolute Gasteiger partial charge is 0.379 e. The molecule has 90 valence electrons. The van der Waals surface area contributed by atoms with Crippen LogP contribution in [0.4, 0.5) is 0 Å². The van der Waals surface area contributed by atoms with Crippen LogP contribution in [0, 0.1) is 10.1 Å². The van der Waals surface area contributed by atoms with Crippen LogP contribution in [0.1, 0.15) is 12.5 Å². The lowest BCUT2D eigenvalue weighted by Crippen LogP contribution is -2.16. The lowest BCUT2D eigenvalue weighted by Gasteiger charge is -2.03. The zero-order chi connectivity index (χ0) is 12.8. The van der Waals surface area contributed by atoms with Crippen molar-refractivity contribution in [2.45, 2.75) is 13.5 Å². The van der Waals surface area contributed by atoms with Gasteiger partial charge in [-0.3, -0.25) is 4.79 Å². The number of Topliss-reactive ketones (excluding diaryl/α,β-unsaturated/α-hetero) is 1. The molecule has 1 aromatic rings. The largest absolute Gasteiger partial charge is 0.421 e. The van der Waals surface area contributed by atoms with E-state index in [4.69, 9.17) is 4.74 Å². The fourth-order valence-electron chi connectivity index (χ4n) is 0.960. The van der Waals surface area contributed by atoms with Gasteiger partial charge in [0, 0.05) is 6.92 Å². The molecule has 0 aliphatic rings. The molecule has 0 unspecified atom stereocenters. The molecule has 0 amide bonds. The first-order valence-corrected chi connectivity index (χ1v) is 4.58. The van der Waals surface area contributed by atoms with Gasteiger partial charge in [-0.05, 0) is 17.7 Å². The number of carbonyl (C=O) groups excluding carboxylic acids is 2. The Morgan fingerprint density at radius 1 is 1.29 bits per heavy atom. The van der Waals surface area contributed by atoms with Gasteiger partial charge in [0.2, 0.25) is 5.78 Å². The molecule has 7 nitrogen and oxygen atoms in total. The first kappa shape index (κ1) is 12.6. The number of rotatable bonds is 5. The monoisotopic (exact) mass is 239 g/mol. The lowest BCUT2D eigenvalue weighted by atomic mass is 10.2. The van der Waals surface area contributed by atoms with Crippen LogP contribution in [0.2, 0.25) is 0 Å². The zero-order valence-electron chi connectivity index (χ0n) is 8.91. The Labute approximate surface area is 96.0 Å². The summed E-state index contributed by atoms with van der Waals surface area (Å²) in [6.07, 6.45) is 0. The van der Waals surface area contributed by atoms with Crippen LogP contribution in [-0.2, 0) is 21.0 Å². The maximum absolute atomic E-state index is 10.9. The SMILES string of the molecule is CC(=O)C(=O)Oc1ccc(CO[N+](=O)[O-])cc1. The van der Waals surface area contributed by atoms with Gasteiger partial charge in [0.05, 0.1) is 0 Å². The van der Waals surface area contributed by atoms with Crippen LogP contribution in [0.3, 0.4) is 0 Å². The third-order valence-electron chi connectivity index (χ3n) is 1.76. The quantitative estimate of drug-likeness (QED) is 0.249. The predicted octanol–water partition coefficient (Wildman–Crippen LogP) is 0.889. The van der Waals surface area contributed by atoms with Gasteiger partial charge in [-0.2, -0.15) is 0 Å². The first-order valence-electron chi connectivity index (χ1n) is 4.58. The minimum absolute atomic E-state index is 0.187. The van der Waals surface area contributed by atoms with Crippen molar-refractivity contribution in [3.05, 3.63) is 39.9 Å². The van der Waals surface area contributed by atoms with Gasteiger partial charge in [0.1, 0.15) is 12.4 Å². The van der Waals surface area contributed by atoms with Crippen molar-refractivity contribution in [1.29, 1.82) is 0 Å². The van der Waals surface area contributed by atoms with Crippen molar-refractivity contribution in [2.24, 2.45) is 0 Å². The molecule has 0 heterocycles. The fraction of sp³-hybridized carbons (Fsp3) is 0.200. The summed E-state index contributed by atoms with van der Waals surface area (Å²) in [6, 6.07) is 5.82. The molecule has 0 N–H and O–H groups in total. The molecule has 0 spiro atoms. The van der Waals surface area contributed by atoms with E-state index in [0.29, 0.717) is 5.56 Å². The maximum atomic E-state index is 10.9. The number of benzene rings is 1. The van der Waals surface area contributed by atoms with Crippen LogP contribution >= 0.6 is 0 Å². The third-order valence-corrected chi connectivity index (χ3v) is 1.76. The molecule has 0 fully saturated rings. The molecule has 0 aromatic heterocycles. The first-order chi connectivity index (χ1) is 7.99. The molecular weight excluding hydrogens is 230 g/mol. The standard InChI is InChI=1S/C10H9NO6/c1-7(12)10(13)17-9-4-2-8(3-5-9)6-16-11(14)15/h2-5H,6H2,1H3. The highest BCUT2D eigenvalue weighted by Gasteiger charge is 2.10. The van der Waals surface area contributed by atoms with Crippen LogP contribution in [0.15, 0.2) is 24.3 Å². The van der Waals surface area contributed by atoms with E-state index in [-0.39, 0.29) is 12.4 Å². The molecule has 17 heavy (non-hydrogen) atoms. The van der Waals surface area contributed by atoms with Crippen molar-refractivity contribution >= 4 is 11.8 Å². The Bertz CT molecular complexity index is 439. The van der Waals surface area contributed by atoms with Crippen LogP contribution in [-0.4, -0.2) is 16.8 Å². The molecule has 1 aromatic carbocycles. The number of hydrogen-bond acceptors (Lipinski definition) is 6. The molecule has 0 bridgehead atoms. The Hall–Kier alpha value is -2.44. The number of ether oxygens (including phenoxy) is 1. The second kappa shape index (κ2) is 5.59. The van der Waals surface area contributed by atoms with Crippen molar-refractivity contribution in [1.82, 2.24) is 0 Å². The highest BCUT2D eigenvalue weighted by atomic mass is 16.9. The topological polar surface area (TPSA) is 95.7 Å². The maximum Gasteiger partial charge on any atom is 0.379 e. The summed E-state index contributed by atoms with van der Waals surface area (Å²) in [5.74, 6) is -1.47. The normalized spacial score (nSPS) is 9.47. The third kappa shape index (κ3) is 4.29. The fourth-order valence-corrected chi connectivity index (χ4v) is 0.960. The predicted molar refractivity (Wildman–Crippen MR) is 54.5 cm³/mol. The molecule has 1 rings (SSSR count). The van der Waals surface area contributed by atoms with Gasteiger partial charge < -0.3 is 9.57 Å². The van der Waals surface area contributed by atoms with Gasteiger partial charge in [0.15, 0.2) is 0 Å². The zero-order valence-corrected chi connectivity index (χ0v) is 8.91. The van der Waals surface area contributed by atoms with Gasteiger partial charge in [-0.1, -0.05) is 12.1 Å². The molecule has 0 saturated heterocycles. The van der Waals surface area contributed by atoms with Gasteiger partial charge in [-0.15, -0.1) is 10.1 Å². The van der Waals surface area contributed by atoms with Gasteiger partial charge >= 0.3 is 5.97 Å². The van der Waals surface area contributed by atoms with Gasteiger partial charge in [0.25, 0.3) is 5.09 Å². The Balaban J connectivity index is 2.58. The summed E-state index contributed by atoms with van der Waals surface area (Å²) < 4.78 is 4.69. The van der Waals surface area contributed by atoms with E-state index < -0.39 is 16.8 Å². The Kier molecular flexibility index (Phi) is 4.15. The summed E-state index contributed by atoms with van der Waals surface area (Å²) in [5.41, 5.74) is 0.546. The summed E-state index contributed by atoms with van der Waals surface area (Å²) in [6.45, 7) is 0.912. The van der Waals surface area contributed by atoms with E-state index in [1.165, 1.54) is 24.3 Å². The Morgan fingerprint density at radius 2 is 1.88 bits per heavy atom. The van der Waals surface area contributed by atoms with E-state index in [0.717, 1.165) is 6.92 Å². The molecule has 0 aliphatic carbocycles. The number of ketones is 1. The summed E-state index contributed by atoms with van der Waals surface area (Å²) in [4.78, 5) is 35.6. The van der Waals surface area contributed by atoms with Crippen molar-refractivity contribution in [3.8, 4) is 5.75 Å². The lowest BCUT2D eigenvalue weighted by molar-refractivity contribution is -0.763. The summed E-state index contributed by atoms with van der Waals surface area (Å²) >= 11 is 0. The number of carbonyl (C=O) groups is 2. The highest BCUT2D eigenvalue weighted by molar-refractivity contribution is 6.33. The number of esters is 1. The van der Waals surface area contributed by atoms with Gasteiger partial charge in [-0.25, -0.2) is 4.79 Å². The second-order valence-corrected chi connectivity index (χ2v) is 3.09. The van der Waals surface area contributed by atoms with E-state index in [2.05, 4.69) is 4.84 Å². The van der Waals surface area contributed by atoms with E-state index in [1.807, 2.05) is 0 Å². The molecule has 0 saturated carbocycles. The molecule has 0 aliphatic heterocycles. The minimum atomic E-state index is -0.959. The average molecular weight is 239 g/mol. The van der Waals surface area contributed by atoms with Crippen LogP contribution < -0.4 is 4.74 Å². The highest BCUT2D eigenvalue weighted by Crippen LogP contribution is 2.13. The molecule has 0 atom stereocenters. The van der Waals surface area contributed by atoms with Crippen molar-refractivity contribution < 1.29 is 24.3 Å². The number of nitrogens with zero attached hydrogens (tertiary/aromatic N) is 1. The van der Waals surface area contributed by atoms with Crippen molar-refractivity contribution in [3.63, 3.8) is 0 Å². The van der Waals surface area contributed by atoms with E-state index >= 15 is 0 Å². The van der Waals surface area contributed by atoms with Crippen LogP contribution in [0.25, 0.3) is 0 Å².